The van der Waals surface area contributed by atoms with Crippen LogP contribution >= 0.6 is 0 Å². The number of carbonyl (C=O) groups excluding carboxylic acids is 1. The summed E-state index contributed by atoms with van der Waals surface area (Å²) in [5, 5.41) is 12.2. The number of nitrogens with one attached hydrogen (secondary N) is 1. The zero-order valence-corrected chi connectivity index (χ0v) is 15.9. The summed E-state index contributed by atoms with van der Waals surface area (Å²) in [6.07, 6.45) is 16.2. The largest absolute Gasteiger partial charge is 0.393 e. The van der Waals surface area contributed by atoms with Crippen molar-refractivity contribution < 1.29 is 9.90 Å². The molecule has 1 amide bonds. The van der Waals surface area contributed by atoms with Gasteiger partial charge in [0.2, 0.25) is 5.91 Å². The van der Waals surface area contributed by atoms with Crippen molar-refractivity contribution in [3.63, 3.8) is 0 Å². The predicted molar refractivity (Wildman–Crippen MR) is 99.5 cm³/mol. The van der Waals surface area contributed by atoms with Crippen LogP contribution in [0.1, 0.15) is 104 Å². The third-order valence-corrected chi connectivity index (χ3v) is 4.47. The Kier molecular flexibility index (Phi) is 15.9. The highest BCUT2D eigenvalue weighted by Gasteiger charge is 2.14. The lowest BCUT2D eigenvalue weighted by Gasteiger charge is -2.13. The first-order valence-corrected chi connectivity index (χ1v) is 10.0. The lowest BCUT2D eigenvalue weighted by molar-refractivity contribution is -0.125. The summed E-state index contributed by atoms with van der Waals surface area (Å²) in [6.45, 7) is 6.65. The summed E-state index contributed by atoms with van der Waals surface area (Å²) in [6, 6.07) is 0. The number of rotatable bonds is 16. The van der Waals surface area contributed by atoms with Gasteiger partial charge in [0.1, 0.15) is 0 Å². The van der Waals surface area contributed by atoms with E-state index in [0.29, 0.717) is 6.42 Å². The van der Waals surface area contributed by atoms with E-state index >= 15 is 0 Å². The highest BCUT2D eigenvalue weighted by Crippen LogP contribution is 2.12. The first-order chi connectivity index (χ1) is 11.1. The molecule has 2 N–H and O–H groups in total. The van der Waals surface area contributed by atoms with Gasteiger partial charge >= 0.3 is 0 Å². The fraction of sp³-hybridized carbons (Fsp3) is 0.950. The van der Waals surface area contributed by atoms with Crippen LogP contribution in [0.4, 0.5) is 0 Å². The van der Waals surface area contributed by atoms with Crippen LogP contribution in [0, 0.1) is 5.92 Å². The predicted octanol–water partition coefficient (Wildman–Crippen LogP) is 5.21. The molecule has 0 spiro atoms. The molecule has 3 nitrogen and oxygen atoms in total. The maximum atomic E-state index is 11.8. The zero-order chi connectivity index (χ0) is 17.3. The molecule has 0 heterocycles. The third-order valence-electron chi connectivity index (χ3n) is 4.47. The Labute approximate surface area is 144 Å². The summed E-state index contributed by atoms with van der Waals surface area (Å²) in [4.78, 5) is 11.8. The smallest absolute Gasteiger partial charge is 0.222 e. The molecule has 0 aliphatic carbocycles. The van der Waals surface area contributed by atoms with E-state index in [1.54, 1.807) is 6.92 Å². The van der Waals surface area contributed by atoms with Crippen LogP contribution in [0.25, 0.3) is 0 Å². The molecule has 0 saturated carbocycles. The lowest BCUT2D eigenvalue weighted by atomic mass is 10.0. The number of hydrogen-bond acceptors (Lipinski definition) is 2. The van der Waals surface area contributed by atoms with E-state index in [9.17, 15) is 9.90 Å². The van der Waals surface area contributed by atoms with Crippen LogP contribution in [0.3, 0.4) is 0 Å². The number of carbonyl (C=O) groups is 1. The Balaban J connectivity index is 3.23. The minimum Gasteiger partial charge on any atom is -0.393 e. The van der Waals surface area contributed by atoms with Gasteiger partial charge in [-0.1, -0.05) is 84.5 Å². The Morgan fingerprint density at radius 1 is 0.826 bits per heavy atom. The van der Waals surface area contributed by atoms with Gasteiger partial charge in [0.15, 0.2) is 0 Å². The SMILES string of the molecule is CCCCCCCCCCCCCCNC(=O)C(C)CC(C)O. The quantitative estimate of drug-likeness (QED) is 0.382. The summed E-state index contributed by atoms with van der Waals surface area (Å²) in [5.74, 6) is -0.0127. The van der Waals surface area contributed by atoms with Crippen molar-refractivity contribution >= 4 is 5.91 Å². The van der Waals surface area contributed by atoms with Gasteiger partial charge in [0.05, 0.1) is 6.10 Å². The Morgan fingerprint density at radius 3 is 1.70 bits per heavy atom. The minimum atomic E-state index is -0.401. The second kappa shape index (κ2) is 16.3. The molecule has 23 heavy (non-hydrogen) atoms. The molecule has 0 aromatic heterocycles. The number of aliphatic hydroxyl groups is 1. The fourth-order valence-electron chi connectivity index (χ4n) is 2.97. The van der Waals surface area contributed by atoms with Gasteiger partial charge in [-0.15, -0.1) is 0 Å². The number of aliphatic hydroxyl groups excluding tert-OH is 1. The van der Waals surface area contributed by atoms with E-state index in [1.807, 2.05) is 6.92 Å². The normalized spacial score (nSPS) is 13.7. The van der Waals surface area contributed by atoms with Crippen molar-refractivity contribution in [3.8, 4) is 0 Å². The van der Waals surface area contributed by atoms with Crippen LogP contribution in [-0.4, -0.2) is 23.7 Å². The Morgan fingerprint density at radius 2 is 1.26 bits per heavy atom. The van der Waals surface area contributed by atoms with Gasteiger partial charge in [-0.2, -0.15) is 0 Å². The average molecular weight is 328 g/mol. The van der Waals surface area contributed by atoms with Gasteiger partial charge in [0.25, 0.3) is 0 Å². The van der Waals surface area contributed by atoms with Gasteiger partial charge in [-0.25, -0.2) is 0 Å². The molecule has 2 atom stereocenters. The molecule has 0 radical (unpaired) electrons. The molecule has 0 fully saturated rings. The second-order valence-electron chi connectivity index (χ2n) is 7.17. The van der Waals surface area contributed by atoms with Crippen molar-refractivity contribution in [2.24, 2.45) is 5.92 Å². The maximum Gasteiger partial charge on any atom is 0.222 e. The molecule has 3 heteroatoms. The number of amides is 1. The van der Waals surface area contributed by atoms with E-state index < -0.39 is 6.10 Å². The molecule has 0 rings (SSSR count). The van der Waals surface area contributed by atoms with E-state index in [1.165, 1.54) is 70.6 Å². The lowest BCUT2D eigenvalue weighted by Crippen LogP contribution is -2.31. The third kappa shape index (κ3) is 16.1. The van der Waals surface area contributed by atoms with Crippen molar-refractivity contribution in [2.75, 3.05) is 6.54 Å². The topological polar surface area (TPSA) is 49.3 Å². The first-order valence-electron chi connectivity index (χ1n) is 10.0. The van der Waals surface area contributed by atoms with Crippen molar-refractivity contribution in [2.45, 2.75) is 110 Å². The fourth-order valence-corrected chi connectivity index (χ4v) is 2.97. The zero-order valence-electron chi connectivity index (χ0n) is 15.9. The summed E-state index contributed by atoms with van der Waals surface area (Å²) in [5.41, 5.74) is 0. The summed E-state index contributed by atoms with van der Waals surface area (Å²) >= 11 is 0. The van der Waals surface area contributed by atoms with Gasteiger partial charge in [-0.05, 0) is 19.8 Å². The van der Waals surface area contributed by atoms with Gasteiger partial charge in [-0.3, -0.25) is 4.79 Å². The van der Waals surface area contributed by atoms with Crippen LogP contribution in [-0.2, 0) is 4.79 Å². The molecule has 0 aromatic carbocycles. The van der Waals surface area contributed by atoms with Crippen molar-refractivity contribution in [3.05, 3.63) is 0 Å². The molecule has 0 saturated heterocycles. The first kappa shape index (κ1) is 22.4. The monoisotopic (exact) mass is 327 g/mol. The van der Waals surface area contributed by atoms with E-state index in [0.717, 1.165) is 13.0 Å². The average Bonchev–Trinajstić information content (AvgIpc) is 2.51. The highest BCUT2D eigenvalue weighted by molar-refractivity contribution is 5.78. The number of unbranched alkanes of at least 4 members (excludes halogenated alkanes) is 11. The summed E-state index contributed by atoms with van der Waals surface area (Å²) in [7, 11) is 0. The molecule has 0 aliphatic rings. The minimum absolute atomic E-state index is 0.0778. The van der Waals surface area contributed by atoms with Gasteiger partial charge < -0.3 is 10.4 Å². The molecular formula is C20H41NO2. The van der Waals surface area contributed by atoms with Crippen LogP contribution < -0.4 is 5.32 Å². The molecule has 0 aromatic rings. The van der Waals surface area contributed by atoms with Crippen LogP contribution in [0.5, 0.6) is 0 Å². The molecule has 2 unspecified atom stereocenters. The number of hydrogen-bond donors (Lipinski definition) is 2. The standard InChI is InChI=1S/C20H41NO2/c1-4-5-6-7-8-9-10-11-12-13-14-15-16-21-20(23)18(2)17-19(3)22/h18-19,22H,4-17H2,1-3H3,(H,21,23). The molecule has 0 aliphatic heterocycles. The van der Waals surface area contributed by atoms with E-state index in [4.69, 9.17) is 0 Å². The molecular weight excluding hydrogens is 286 g/mol. The van der Waals surface area contributed by atoms with Crippen LogP contribution in [0.15, 0.2) is 0 Å². The highest BCUT2D eigenvalue weighted by atomic mass is 16.3. The van der Waals surface area contributed by atoms with E-state index in [2.05, 4.69) is 12.2 Å². The maximum absolute atomic E-state index is 11.8. The van der Waals surface area contributed by atoms with E-state index in [-0.39, 0.29) is 11.8 Å². The molecule has 138 valence electrons. The van der Waals surface area contributed by atoms with Crippen molar-refractivity contribution in [1.82, 2.24) is 5.32 Å². The second-order valence-corrected chi connectivity index (χ2v) is 7.17. The van der Waals surface area contributed by atoms with Crippen molar-refractivity contribution in [1.29, 1.82) is 0 Å². The van der Waals surface area contributed by atoms with Gasteiger partial charge in [0, 0.05) is 12.5 Å². The Hall–Kier alpha value is -0.570. The summed E-state index contributed by atoms with van der Waals surface area (Å²) < 4.78 is 0. The Bertz CT molecular complexity index is 266. The van der Waals surface area contributed by atoms with Crippen LogP contribution in [0.2, 0.25) is 0 Å². The molecule has 0 bridgehead atoms.